The van der Waals surface area contributed by atoms with Crippen molar-refractivity contribution in [1.29, 1.82) is 0 Å². The van der Waals surface area contributed by atoms with Crippen LogP contribution in [0.5, 0.6) is 0 Å². The maximum Gasteiger partial charge on any atom is 0.0561 e. The van der Waals surface area contributed by atoms with Crippen LogP contribution in [0.25, 0.3) is 55.0 Å². The number of nitrogens with two attached hydrogens (primary N) is 1. The fraction of sp³-hybridized carbons (Fsp3) is 0.0204. The van der Waals surface area contributed by atoms with Crippen LogP contribution in [0, 0.1) is 0 Å². The van der Waals surface area contributed by atoms with Gasteiger partial charge in [-0.2, -0.15) is 0 Å². The van der Waals surface area contributed by atoms with Crippen molar-refractivity contribution in [2.75, 3.05) is 11.1 Å². The van der Waals surface area contributed by atoms with E-state index in [0.717, 1.165) is 21.5 Å². The third-order valence-electron chi connectivity index (χ3n) is 9.20. The smallest absolute Gasteiger partial charge is 0.0561 e. The number of para-hydroxylation sites is 6. The lowest BCUT2D eigenvalue weighted by Crippen LogP contribution is -1.94. The predicted octanol–water partition coefficient (Wildman–Crippen LogP) is 14.0. The number of hydrogen-bond donors (Lipinski definition) is 2. The van der Waals surface area contributed by atoms with E-state index in [0.29, 0.717) is 0 Å². The number of anilines is 3. The van der Waals surface area contributed by atoms with Gasteiger partial charge in [-0.05, 0) is 84.9 Å². The summed E-state index contributed by atoms with van der Waals surface area (Å²) in [7, 11) is 0. The van der Waals surface area contributed by atoms with Gasteiger partial charge in [0.15, 0.2) is 0 Å². The number of rotatable bonds is 4. The molecule has 3 N–H and O–H groups in total. The van der Waals surface area contributed by atoms with Gasteiger partial charge in [0, 0.05) is 54.5 Å². The third-order valence-corrected chi connectivity index (χ3v) is 9.69. The van der Waals surface area contributed by atoms with E-state index in [-0.39, 0.29) is 7.43 Å². The average molecular weight is 766 g/mol. The first-order chi connectivity index (χ1) is 26.1. The summed E-state index contributed by atoms with van der Waals surface area (Å²) in [4.78, 5) is 0. The molecule has 2 heterocycles. The molecule has 0 aliphatic carbocycles. The number of benzene rings is 8. The molecule has 0 fully saturated rings. The van der Waals surface area contributed by atoms with Crippen molar-refractivity contribution in [3.05, 3.63) is 211 Å². The Morgan fingerprint density at radius 3 is 1.28 bits per heavy atom. The molecule has 0 bridgehead atoms. The van der Waals surface area contributed by atoms with Gasteiger partial charge < -0.3 is 20.2 Å². The van der Waals surface area contributed by atoms with Gasteiger partial charge in [-0.25, -0.2) is 0 Å². The Morgan fingerprint density at radius 1 is 0.370 bits per heavy atom. The Morgan fingerprint density at radius 2 is 0.778 bits per heavy atom. The molecule has 5 heteroatoms. The quantitative estimate of drug-likeness (QED) is 0.175. The molecule has 0 atom stereocenters. The molecule has 0 aliphatic heterocycles. The van der Waals surface area contributed by atoms with E-state index in [1.54, 1.807) is 0 Å². The molecule has 10 aromatic rings. The van der Waals surface area contributed by atoms with E-state index in [1.807, 2.05) is 54.6 Å². The van der Waals surface area contributed by atoms with Crippen LogP contribution in [0.3, 0.4) is 0 Å². The van der Waals surface area contributed by atoms with Crippen LogP contribution in [-0.2, 0) is 0 Å². The van der Waals surface area contributed by atoms with Gasteiger partial charge in [0.2, 0.25) is 0 Å². The van der Waals surface area contributed by atoms with Gasteiger partial charge >= 0.3 is 0 Å². The van der Waals surface area contributed by atoms with E-state index in [9.17, 15) is 0 Å². The van der Waals surface area contributed by atoms with E-state index < -0.39 is 0 Å². The summed E-state index contributed by atoms with van der Waals surface area (Å²) in [5, 5.41) is 8.62. The summed E-state index contributed by atoms with van der Waals surface area (Å²) in [6, 6.07) is 71.0. The number of aromatic nitrogens is 2. The lowest BCUT2D eigenvalue weighted by molar-refractivity contribution is 1.18. The van der Waals surface area contributed by atoms with Crippen molar-refractivity contribution in [2.24, 2.45) is 0 Å². The number of hydrogen-bond acceptors (Lipinski definition) is 2. The highest BCUT2D eigenvalue weighted by atomic mass is 79.9. The first-order valence-electron chi connectivity index (χ1n) is 17.6. The van der Waals surface area contributed by atoms with Crippen molar-refractivity contribution >= 4 is 76.6 Å². The number of nitrogens with one attached hydrogen (secondary N) is 1. The largest absolute Gasteiger partial charge is 0.399 e. The molecule has 0 amide bonds. The lowest BCUT2D eigenvalue weighted by Gasteiger charge is -2.10. The van der Waals surface area contributed by atoms with E-state index >= 15 is 0 Å². The van der Waals surface area contributed by atoms with Crippen LogP contribution in [0.2, 0.25) is 0 Å². The zero-order chi connectivity index (χ0) is 36.0. The van der Waals surface area contributed by atoms with Gasteiger partial charge in [0.1, 0.15) is 0 Å². The summed E-state index contributed by atoms with van der Waals surface area (Å²) in [6.45, 7) is 0. The van der Waals surface area contributed by atoms with Crippen LogP contribution in [0.1, 0.15) is 7.43 Å². The summed E-state index contributed by atoms with van der Waals surface area (Å²) in [5.41, 5.74) is 15.6. The van der Waals surface area contributed by atoms with Gasteiger partial charge in [-0.15, -0.1) is 0 Å². The third kappa shape index (κ3) is 7.49. The van der Waals surface area contributed by atoms with Gasteiger partial charge in [0.25, 0.3) is 0 Å². The van der Waals surface area contributed by atoms with Crippen molar-refractivity contribution in [3.8, 4) is 11.4 Å². The molecule has 54 heavy (non-hydrogen) atoms. The molecular weight excluding hydrogens is 724 g/mol. The first-order valence-corrected chi connectivity index (χ1v) is 18.4. The van der Waals surface area contributed by atoms with Gasteiger partial charge in [0.05, 0.1) is 22.1 Å². The van der Waals surface area contributed by atoms with E-state index in [1.165, 1.54) is 55.0 Å². The average Bonchev–Trinajstić information content (AvgIpc) is 3.72. The predicted molar refractivity (Wildman–Crippen MR) is 237 cm³/mol. The zero-order valence-electron chi connectivity index (χ0n) is 29.0. The molecule has 0 saturated carbocycles. The van der Waals surface area contributed by atoms with Crippen molar-refractivity contribution in [1.82, 2.24) is 9.13 Å². The maximum atomic E-state index is 5.36. The number of fused-ring (bicyclic) bond motifs is 6. The normalized spacial score (nSPS) is 10.6. The molecule has 0 unspecified atom stereocenters. The molecule has 0 saturated heterocycles. The Labute approximate surface area is 324 Å². The van der Waals surface area contributed by atoms with Crippen molar-refractivity contribution < 1.29 is 0 Å². The second-order valence-electron chi connectivity index (χ2n) is 12.7. The molecule has 0 spiro atoms. The Kier molecular flexibility index (Phi) is 10.9. The second-order valence-corrected chi connectivity index (χ2v) is 13.6. The van der Waals surface area contributed by atoms with E-state index in [2.05, 4.69) is 182 Å². The minimum atomic E-state index is 0. The maximum absolute atomic E-state index is 5.36. The zero-order valence-corrected chi connectivity index (χ0v) is 30.6. The summed E-state index contributed by atoms with van der Waals surface area (Å²) in [6.07, 6.45) is 0. The number of halogens is 1. The van der Waals surface area contributed by atoms with Crippen LogP contribution in [0.15, 0.2) is 211 Å². The van der Waals surface area contributed by atoms with Gasteiger partial charge in [-0.1, -0.05) is 145 Å². The molecule has 8 aromatic carbocycles. The SMILES string of the molecule is Brc1ccc2c3ccccc3n(-c3ccccc3)c2c1.C.Nc1ccccc1.c1ccc(Nc2ccc3c4ccccc4n(-c4ccccc4)c3c2)cc1. The van der Waals surface area contributed by atoms with Crippen LogP contribution in [0.4, 0.5) is 17.1 Å². The highest BCUT2D eigenvalue weighted by Crippen LogP contribution is 2.35. The fourth-order valence-corrected chi connectivity index (χ4v) is 7.19. The summed E-state index contributed by atoms with van der Waals surface area (Å²) < 4.78 is 5.75. The topological polar surface area (TPSA) is 47.9 Å². The fourth-order valence-electron chi connectivity index (χ4n) is 6.84. The van der Waals surface area contributed by atoms with Crippen molar-refractivity contribution in [3.63, 3.8) is 0 Å². The van der Waals surface area contributed by atoms with Crippen LogP contribution < -0.4 is 11.1 Å². The highest BCUT2D eigenvalue weighted by molar-refractivity contribution is 9.10. The molecule has 2 aromatic heterocycles. The number of nitrogen functional groups attached to an aromatic ring is 1. The molecule has 264 valence electrons. The molecule has 0 radical (unpaired) electrons. The van der Waals surface area contributed by atoms with Crippen molar-refractivity contribution in [2.45, 2.75) is 7.43 Å². The Bertz CT molecular complexity index is 2760. The Balaban J connectivity index is 0.000000142. The van der Waals surface area contributed by atoms with Crippen LogP contribution >= 0.6 is 15.9 Å². The first kappa shape index (κ1) is 35.8. The highest BCUT2D eigenvalue weighted by Gasteiger charge is 2.13. The second kappa shape index (κ2) is 16.4. The lowest BCUT2D eigenvalue weighted by atomic mass is 10.1. The molecule has 10 rings (SSSR count). The van der Waals surface area contributed by atoms with Crippen LogP contribution in [-0.4, -0.2) is 9.13 Å². The Hall–Kier alpha value is -6.56. The number of nitrogens with zero attached hydrogens (tertiary/aromatic N) is 2. The molecule has 4 nitrogen and oxygen atoms in total. The van der Waals surface area contributed by atoms with Gasteiger partial charge in [-0.3, -0.25) is 0 Å². The minimum absolute atomic E-state index is 0. The summed E-state index contributed by atoms with van der Waals surface area (Å²) >= 11 is 3.58. The standard InChI is InChI=1S/C24H18N2.C18H12BrN.C6H7N.CH4/c1-3-9-18(10-4-1)25-19-15-16-22-21-13-7-8-14-23(21)26(24(22)17-19)20-11-5-2-6-12-20;19-13-10-11-16-15-8-4-5-9-17(15)20(18(16)12-13)14-6-2-1-3-7-14;7-6-4-2-1-3-5-6;/h1-17,25H;1-12H;1-5H,7H2;1H4. The monoisotopic (exact) mass is 764 g/mol. The molecular formula is C49H41BrN4. The molecule has 0 aliphatic rings. The van der Waals surface area contributed by atoms with E-state index in [4.69, 9.17) is 5.73 Å². The minimum Gasteiger partial charge on any atom is -0.399 e. The summed E-state index contributed by atoms with van der Waals surface area (Å²) in [5.74, 6) is 0.